The molecule has 0 aromatic carbocycles. The van der Waals surface area contributed by atoms with Crippen LogP contribution >= 0.6 is 0 Å². The molecule has 82 valence electrons. The van der Waals surface area contributed by atoms with Crippen LogP contribution in [0.2, 0.25) is 0 Å². The Labute approximate surface area is 82.1 Å². The molecule has 0 aliphatic heterocycles. The second-order valence-corrected chi connectivity index (χ2v) is 3.27. The first-order chi connectivity index (χ1) is 6.39. The van der Waals surface area contributed by atoms with E-state index >= 15 is 0 Å². The van der Waals surface area contributed by atoms with Crippen molar-refractivity contribution in [1.82, 2.24) is 5.32 Å². The van der Waals surface area contributed by atoms with E-state index < -0.39 is 18.3 Å². The van der Waals surface area contributed by atoms with Crippen LogP contribution in [-0.4, -0.2) is 18.3 Å². The highest BCUT2D eigenvalue weighted by Crippen LogP contribution is 2.20. The van der Waals surface area contributed by atoms with Crippen molar-refractivity contribution in [2.24, 2.45) is 0 Å². The predicted molar refractivity (Wildman–Crippen MR) is 47.6 cm³/mol. The van der Waals surface area contributed by atoms with Crippen LogP contribution in [0.15, 0.2) is 0 Å². The molecule has 0 aliphatic carbocycles. The monoisotopic (exact) mass is 208 g/mol. The first-order valence-corrected chi connectivity index (χ1v) is 4.62. The number of nitrogens with zero attached hydrogens (tertiary/aromatic N) is 1. The standard InChI is InChI=1S/C9H15F3N2/c1-3-5-8(4-2,6-13)14-7-9(10,11)12/h14H,3-5,7H2,1-2H3. The van der Waals surface area contributed by atoms with Gasteiger partial charge in [0.1, 0.15) is 5.54 Å². The maximum Gasteiger partial charge on any atom is 0.401 e. The van der Waals surface area contributed by atoms with Gasteiger partial charge in [-0.2, -0.15) is 18.4 Å². The Bertz CT molecular complexity index is 207. The van der Waals surface area contributed by atoms with Crippen LogP contribution in [0.5, 0.6) is 0 Å². The fourth-order valence-corrected chi connectivity index (χ4v) is 1.26. The van der Waals surface area contributed by atoms with Crippen LogP contribution in [0.1, 0.15) is 33.1 Å². The molecule has 0 bridgehead atoms. The van der Waals surface area contributed by atoms with Gasteiger partial charge >= 0.3 is 6.18 Å². The van der Waals surface area contributed by atoms with E-state index in [0.29, 0.717) is 19.3 Å². The fraction of sp³-hybridized carbons (Fsp3) is 0.889. The zero-order valence-corrected chi connectivity index (χ0v) is 8.41. The first-order valence-electron chi connectivity index (χ1n) is 4.62. The molecule has 1 atom stereocenters. The Morgan fingerprint density at radius 1 is 1.29 bits per heavy atom. The van der Waals surface area contributed by atoms with Crippen molar-refractivity contribution in [2.75, 3.05) is 6.54 Å². The molecule has 14 heavy (non-hydrogen) atoms. The normalized spacial score (nSPS) is 16.0. The molecule has 5 heteroatoms. The average Bonchev–Trinajstić information content (AvgIpc) is 2.11. The van der Waals surface area contributed by atoms with Crippen molar-refractivity contribution in [1.29, 1.82) is 5.26 Å². The topological polar surface area (TPSA) is 35.8 Å². The largest absolute Gasteiger partial charge is 0.401 e. The molecule has 2 nitrogen and oxygen atoms in total. The van der Waals surface area contributed by atoms with Crippen LogP contribution in [0, 0.1) is 11.3 Å². The lowest BCUT2D eigenvalue weighted by Crippen LogP contribution is -2.47. The lowest BCUT2D eigenvalue weighted by molar-refractivity contribution is -0.127. The molecule has 0 rings (SSSR count). The maximum absolute atomic E-state index is 11.9. The van der Waals surface area contributed by atoms with Gasteiger partial charge in [0.05, 0.1) is 12.6 Å². The third kappa shape index (κ3) is 4.47. The molecule has 1 N–H and O–H groups in total. The zero-order chi connectivity index (χ0) is 11.2. The van der Waals surface area contributed by atoms with Crippen LogP contribution in [-0.2, 0) is 0 Å². The molecule has 0 fully saturated rings. The molecule has 0 aromatic rings. The Hall–Kier alpha value is -0.760. The van der Waals surface area contributed by atoms with Gasteiger partial charge in [-0.3, -0.25) is 5.32 Å². The second-order valence-electron chi connectivity index (χ2n) is 3.27. The number of halogens is 3. The van der Waals surface area contributed by atoms with Crippen molar-refractivity contribution in [3.63, 3.8) is 0 Å². The minimum Gasteiger partial charge on any atom is -0.291 e. The van der Waals surface area contributed by atoms with Crippen LogP contribution in [0.4, 0.5) is 13.2 Å². The Balaban J connectivity index is 4.31. The van der Waals surface area contributed by atoms with E-state index in [0.717, 1.165) is 0 Å². The summed E-state index contributed by atoms with van der Waals surface area (Å²) in [4.78, 5) is 0. The smallest absolute Gasteiger partial charge is 0.291 e. The van der Waals surface area contributed by atoms with E-state index in [-0.39, 0.29) is 0 Å². The number of hydrogen-bond acceptors (Lipinski definition) is 2. The summed E-state index contributed by atoms with van der Waals surface area (Å²) in [6, 6.07) is 1.93. The van der Waals surface area contributed by atoms with Gasteiger partial charge in [0.25, 0.3) is 0 Å². The molecule has 0 heterocycles. The average molecular weight is 208 g/mol. The third-order valence-corrected chi connectivity index (χ3v) is 2.12. The number of hydrogen-bond donors (Lipinski definition) is 1. The summed E-state index contributed by atoms with van der Waals surface area (Å²) >= 11 is 0. The van der Waals surface area contributed by atoms with Crippen molar-refractivity contribution in [3.05, 3.63) is 0 Å². The quantitative estimate of drug-likeness (QED) is 0.753. The molecule has 0 saturated carbocycles. The molecular weight excluding hydrogens is 193 g/mol. The summed E-state index contributed by atoms with van der Waals surface area (Å²) in [7, 11) is 0. The Morgan fingerprint density at radius 2 is 1.86 bits per heavy atom. The minimum atomic E-state index is -4.26. The maximum atomic E-state index is 11.9. The molecule has 0 saturated heterocycles. The van der Waals surface area contributed by atoms with Gasteiger partial charge < -0.3 is 0 Å². The van der Waals surface area contributed by atoms with E-state index in [9.17, 15) is 13.2 Å². The highest BCUT2D eigenvalue weighted by atomic mass is 19.4. The number of rotatable bonds is 5. The molecule has 0 aromatic heterocycles. The molecule has 0 radical (unpaired) electrons. The summed E-state index contributed by atoms with van der Waals surface area (Å²) in [6.45, 7) is 2.45. The highest BCUT2D eigenvalue weighted by molar-refractivity contribution is 5.06. The van der Waals surface area contributed by atoms with Gasteiger partial charge in [-0.25, -0.2) is 0 Å². The Morgan fingerprint density at radius 3 is 2.14 bits per heavy atom. The van der Waals surface area contributed by atoms with E-state index in [1.165, 1.54) is 0 Å². The molecule has 0 aliphatic rings. The minimum absolute atomic E-state index is 0.382. The summed E-state index contributed by atoms with van der Waals surface area (Å²) in [5.74, 6) is 0. The highest BCUT2D eigenvalue weighted by Gasteiger charge is 2.34. The summed E-state index contributed by atoms with van der Waals surface area (Å²) < 4.78 is 35.8. The van der Waals surface area contributed by atoms with E-state index in [4.69, 9.17) is 5.26 Å². The van der Waals surface area contributed by atoms with Gasteiger partial charge in [-0.1, -0.05) is 20.3 Å². The molecular formula is C9H15F3N2. The number of alkyl halides is 3. The molecule has 0 amide bonds. The van der Waals surface area contributed by atoms with Crippen molar-refractivity contribution in [3.8, 4) is 6.07 Å². The fourth-order valence-electron chi connectivity index (χ4n) is 1.26. The van der Waals surface area contributed by atoms with E-state index in [2.05, 4.69) is 5.32 Å². The lowest BCUT2D eigenvalue weighted by Gasteiger charge is -2.26. The van der Waals surface area contributed by atoms with Gasteiger partial charge in [0.2, 0.25) is 0 Å². The summed E-state index contributed by atoms with van der Waals surface area (Å²) in [6.07, 6.45) is -2.75. The van der Waals surface area contributed by atoms with Crippen LogP contribution in [0.25, 0.3) is 0 Å². The van der Waals surface area contributed by atoms with Gasteiger partial charge in [0, 0.05) is 0 Å². The number of nitriles is 1. The SMILES string of the molecule is CCCC(C#N)(CC)NCC(F)(F)F. The predicted octanol–water partition coefficient (Wildman–Crippen LogP) is 2.61. The van der Waals surface area contributed by atoms with Gasteiger partial charge in [-0.15, -0.1) is 0 Å². The van der Waals surface area contributed by atoms with E-state index in [1.807, 2.05) is 13.0 Å². The zero-order valence-electron chi connectivity index (χ0n) is 8.41. The third-order valence-electron chi connectivity index (χ3n) is 2.12. The first kappa shape index (κ1) is 13.2. The number of nitrogens with one attached hydrogen (secondary N) is 1. The van der Waals surface area contributed by atoms with Crippen LogP contribution < -0.4 is 5.32 Å². The summed E-state index contributed by atoms with van der Waals surface area (Å²) in [5.41, 5.74) is -1.02. The second kappa shape index (κ2) is 5.20. The van der Waals surface area contributed by atoms with Crippen molar-refractivity contribution in [2.45, 2.75) is 44.8 Å². The van der Waals surface area contributed by atoms with Crippen molar-refractivity contribution < 1.29 is 13.2 Å². The van der Waals surface area contributed by atoms with Gasteiger partial charge in [0.15, 0.2) is 0 Å². The van der Waals surface area contributed by atoms with Gasteiger partial charge in [-0.05, 0) is 12.8 Å². The van der Waals surface area contributed by atoms with Crippen molar-refractivity contribution >= 4 is 0 Å². The lowest BCUT2D eigenvalue weighted by atomic mass is 9.92. The molecule has 0 spiro atoms. The summed E-state index contributed by atoms with van der Waals surface area (Å²) in [5, 5.41) is 11.1. The Kier molecular flexibility index (Phi) is 4.92. The van der Waals surface area contributed by atoms with E-state index in [1.54, 1.807) is 6.92 Å². The van der Waals surface area contributed by atoms with Crippen LogP contribution in [0.3, 0.4) is 0 Å². The molecule has 1 unspecified atom stereocenters.